The molecule has 0 spiro atoms. The molecule has 1 aromatic carbocycles. The normalized spacial score (nSPS) is 14.3. The van der Waals surface area contributed by atoms with Crippen molar-refractivity contribution in [2.45, 2.75) is 45.7 Å². The fourth-order valence-corrected chi connectivity index (χ4v) is 3.00. The summed E-state index contributed by atoms with van der Waals surface area (Å²) in [4.78, 5) is 5.74. The van der Waals surface area contributed by atoms with E-state index in [1.165, 1.54) is 15.4 Å². The lowest BCUT2D eigenvalue weighted by atomic mass is 10.0. The number of aromatic nitrogens is 1. The van der Waals surface area contributed by atoms with Gasteiger partial charge in [0.05, 0.1) is 6.04 Å². The van der Waals surface area contributed by atoms with Gasteiger partial charge >= 0.3 is 0 Å². The summed E-state index contributed by atoms with van der Waals surface area (Å²) in [6.45, 7) is 6.54. The summed E-state index contributed by atoms with van der Waals surface area (Å²) in [5, 5.41) is 4.88. The lowest BCUT2D eigenvalue weighted by Gasteiger charge is -2.21. The molecule has 2 unspecified atom stereocenters. The first-order valence-corrected chi connectivity index (χ1v) is 7.73. The van der Waals surface area contributed by atoms with Gasteiger partial charge in [0.2, 0.25) is 0 Å². The average Bonchev–Trinajstić information content (AvgIpc) is 2.86. The van der Waals surface area contributed by atoms with Crippen molar-refractivity contribution in [3.8, 4) is 0 Å². The van der Waals surface area contributed by atoms with Gasteiger partial charge in [-0.05, 0) is 32.3 Å². The van der Waals surface area contributed by atoms with Crippen LogP contribution in [-0.4, -0.2) is 11.0 Å². The van der Waals surface area contributed by atoms with Crippen molar-refractivity contribution in [2.24, 2.45) is 0 Å². The SMILES string of the molecule is CCC(Cc1ccccc1)NC(C)c1ncc(C)s1. The molecule has 2 nitrogen and oxygen atoms in total. The lowest BCUT2D eigenvalue weighted by molar-refractivity contribution is 0.439. The molecular formula is C16H22N2S. The highest BCUT2D eigenvalue weighted by Crippen LogP contribution is 2.20. The molecule has 2 rings (SSSR count). The second-order valence-corrected chi connectivity index (χ2v) is 6.26. The Morgan fingerprint density at radius 1 is 1.26 bits per heavy atom. The minimum atomic E-state index is 0.326. The summed E-state index contributed by atoms with van der Waals surface area (Å²) in [6, 6.07) is 11.5. The quantitative estimate of drug-likeness (QED) is 0.857. The Morgan fingerprint density at radius 2 is 2.00 bits per heavy atom. The molecule has 0 saturated carbocycles. The van der Waals surface area contributed by atoms with Crippen LogP contribution >= 0.6 is 11.3 Å². The smallest absolute Gasteiger partial charge is 0.109 e. The van der Waals surface area contributed by atoms with Crippen LogP contribution in [0.15, 0.2) is 36.5 Å². The van der Waals surface area contributed by atoms with E-state index in [9.17, 15) is 0 Å². The van der Waals surface area contributed by atoms with E-state index in [-0.39, 0.29) is 0 Å². The maximum Gasteiger partial charge on any atom is 0.109 e. The molecule has 3 heteroatoms. The lowest BCUT2D eigenvalue weighted by Crippen LogP contribution is -2.32. The van der Waals surface area contributed by atoms with Crippen LogP contribution in [0.1, 0.15) is 41.8 Å². The van der Waals surface area contributed by atoms with Crippen LogP contribution in [0, 0.1) is 6.92 Å². The van der Waals surface area contributed by atoms with Gasteiger partial charge in [-0.2, -0.15) is 0 Å². The van der Waals surface area contributed by atoms with Crippen LogP contribution in [-0.2, 0) is 6.42 Å². The van der Waals surface area contributed by atoms with Gasteiger partial charge in [-0.3, -0.25) is 0 Å². The van der Waals surface area contributed by atoms with E-state index in [2.05, 4.69) is 61.4 Å². The zero-order valence-electron chi connectivity index (χ0n) is 11.9. The highest BCUT2D eigenvalue weighted by Gasteiger charge is 2.14. The predicted molar refractivity (Wildman–Crippen MR) is 82.6 cm³/mol. The minimum absolute atomic E-state index is 0.326. The fourth-order valence-electron chi connectivity index (χ4n) is 2.22. The van der Waals surface area contributed by atoms with Gasteiger partial charge in [0, 0.05) is 17.1 Å². The van der Waals surface area contributed by atoms with E-state index in [1.54, 1.807) is 11.3 Å². The molecule has 0 bridgehead atoms. The third-order valence-corrected chi connectivity index (χ3v) is 4.41. The first kappa shape index (κ1) is 14.2. The summed E-state index contributed by atoms with van der Waals surface area (Å²) in [5.74, 6) is 0. The van der Waals surface area contributed by atoms with Gasteiger partial charge in [-0.15, -0.1) is 11.3 Å². The number of thiazole rings is 1. The molecule has 102 valence electrons. The summed E-state index contributed by atoms with van der Waals surface area (Å²) in [5.41, 5.74) is 1.39. The van der Waals surface area contributed by atoms with Gasteiger partial charge in [-0.25, -0.2) is 4.98 Å². The molecule has 2 aromatic rings. The predicted octanol–water partition coefficient (Wildman–Crippen LogP) is 4.12. The largest absolute Gasteiger partial charge is 0.305 e. The van der Waals surface area contributed by atoms with Crippen molar-refractivity contribution in [2.75, 3.05) is 0 Å². The highest BCUT2D eigenvalue weighted by atomic mass is 32.1. The van der Waals surface area contributed by atoms with Crippen molar-refractivity contribution < 1.29 is 0 Å². The summed E-state index contributed by atoms with van der Waals surface area (Å²) in [7, 11) is 0. The van der Waals surface area contributed by atoms with E-state index in [1.807, 2.05) is 6.20 Å². The van der Waals surface area contributed by atoms with Crippen LogP contribution in [0.25, 0.3) is 0 Å². The van der Waals surface area contributed by atoms with E-state index >= 15 is 0 Å². The Hall–Kier alpha value is -1.19. The zero-order chi connectivity index (χ0) is 13.7. The Balaban J connectivity index is 1.95. The highest BCUT2D eigenvalue weighted by molar-refractivity contribution is 7.11. The van der Waals surface area contributed by atoms with Gasteiger partial charge in [0.1, 0.15) is 5.01 Å². The van der Waals surface area contributed by atoms with Crippen molar-refractivity contribution in [1.29, 1.82) is 0 Å². The molecule has 0 saturated heterocycles. The molecule has 0 fully saturated rings. The van der Waals surface area contributed by atoms with Crippen molar-refractivity contribution in [3.05, 3.63) is 52.0 Å². The molecule has 0 aliphatic carbocycles. The number of rotatable bonds is 6. The third-order valence-electron chi connectivity index (χ3n) is 3.31. The van der Waals surface area contributed by atoms with E-state index in [4.69, 9.17) is 0 Å². The first-order valence-electron chi connectivity index (χ1n) is 6.91. The van der Waals surface area contributed by atoms with Crippen LogP contribution in [0.2, 0.25) is 0 Å². The van der Waals surface area contributed by atoms with Gasteiger partial charge in [-0.1, -0.05) is 37.3 Å². The van der Waals surface area contributed by atoms with Gasteiger partial charge in [0.15, 0.2) is 0 Å². The van der Waals surface area contributed by atoms with E-state index < -0.39 is 0 Å². The molecule has 1 heterocycles. The minimum Gasteiger partial charge on any atom is -0.305 e. The molecule has 0 aliphatic rings. The maximum absolute atomic E-state index is 4.47. The van der Waals surface area contributed by atoms with E-state index in [0.29, 0.717) is 12.1 Å². The van der Waals surface area contributed by atoms with Gasteiger partial charge in [0.25, 0.3) is 0 Å². The Bertz CT molecular complexity index is 492. The molecule has 0 aliphatic heterocycles. The Labute approximate surface area is 119 Å². The summed E-state index contributed by atoms with van der Waals surface area (Å²) < 4.78 is 0. The average molecular weight is 274 g/mol. The number of aryl methyl sites for hydroxylation is 1. The maximum atomic E-state index is 4.47. The number of hydrogen-bond acceptors (Lipinski definition) is 3. The number of hydrogen-bond donors (Lipinski definition) is 1. The fraction of sp³-hybridized carbons (Fsp3) is 0.438. The summed E-state index contributed by atoms with van der Waals surface area (Å²) in [6.07, 6.45) is 4.16. The topological polar surface area (TPSA) is 24.9 Å². The molecule has 1 aromatic heterocycles. The second-order valence-electron chi connectivity index (χ2n) is 4.99. The van der Waals surface area contributed by atoms with Gasteiger partial charge < -0.3 is 5.32 Å². The van der Waals surface area contributed by atoms with Crippen LogP contribution in [0.4, 0.5) is 0 Å². The Morgan fingerprint density at radius 3 is 2.58 bits per heavy atom. The first-order chi connectivity index (χ1) is 9.19. The van der Waals surface area contributed by atoms with E-state index in [0.717, 1.165) is 12.8 Å². The van der Waals surface area contributed by atoms with Crippen LogP contribution in [0.5, 0.6) is 0 Å². The number of nitrogens with zero attached hydrogens (tertiary/aromatic N) is 1. The van der Waals surface area contributed by atoms with Crippen LogP contribution < -0.4 is 5.32 Å². The Kier molecular flexibility index (Phi) is 5.11. The second kappa shape index (κ2) is 6.83. The van der Waals surface area contributed by atoms with Crippen molar-refractivity contribution >= 4 is 11.3 Å². The molecule has 19 heavy (non-hydrogen) atoms. The monoisotopic (exact) mass is 274 g/mol. The zero-order valence-corrected chi connectivity index (χ0v) is 12.7. The summed E-state index contributed by atoms with van der Waals surface area (Å²) >= 11 is 1.78. The van der Waals surface area contributed by atoms with Crippen LogP contribution in [0.3, 0.4) is 0 Å². The molecule has 1 N–H and O–H groups in total. The van der Waals surface area contributed by atoms with Crippen molar-refractivity contribution in [1.82, 2.24) is 10.3 Å². The third kappa shape index (κ3) is 4.15. The standard InChI is InChI=1S/C16H22N2S/c1-4-15(10-14-8-6-5-7-9-14)18-13(3)16-17-11-12(2)19-16/h5-9,11,13,15,18H,4,10H2,1-3H3. The molecular weight excluding hydrogens is 252 g/mol. The molecule has 0 radical (unpaired) electrons. The number of benzene rings is 1. The molecule has 2 atom stereocenters. The molecule has 0 amide bonds. The number of nitrogens with one attached hydrogen (secondary N) is 1. The van der Waals surface area contributed by atoms with Crippen molar-refractivity contribution in [3.63, 3.8) is 0 Å².